The van der Waals surface area contributed by atoms with Gasteiger partial charge in [0.2, 0.25) is 0 Å². The maximum atomic E-state index is 9.71. The number of allylic oxidation sites excluding steroid dienone is 1. The van der Waals surface area contributed by atoms with E-state index in [1.165, 1.54) is 16.7 Å². The molecule has 0 aliphatic heterocycles. The first kappa shape index (κ1) is 18.8. The van der Waals surface area contributed by atoms with Crippen LogP contribution >= 0.6 is 0 Å². The third-order valence-corrected chi connectivity index (χ3v) is 4.55. The van der Waals surface area contributed by atoms with Gasteiger partial charge in [0.25, 0.3) is 0 Å². The van der Waals surface area contributed by atoms with E-state index in [4.69, 9.17) is 4.74 Å². The van der Waals surface area contributed by atoms with Gasteiger partial charge in [-0.15, -0.1) is 0 Å². The largest absolute Gasteiger partial charge is 0.508 e. The van der Waals surface area contributed by atoms with Crippen LogP contribution in [-0.2, 0) is 0 Å². The van der Waals surface area contributed by atoms with Crippen LogP contribution in [0.25, 0.3) is 11.1 Å². The molecule has 3 aromatic rings. The maximum Gasteiger partial charge on any atom is 0.119 e. The maximum absolute atomic E-state index is 9.71. The van der Waals surface area contributed by atoms with Crippen molar-refractivity contribution in [2.24, 2.45) is 0 Å². The number of aromatic hydroxyl groups is 1. The monoisotopic (exact) mass is 358 g/mol. The summed E-state index contributed by atoms with van der Waals surface area (Å²) in [6.07, 6.45) is 1.91. The molecule has 138 valence electrons. The Morgan fingerprint density at radius 2 is 1.33 bits per heavy atom. The SMILES string of the molecule is CCCOc1ccc(/C(=C(/CC)c2ccccc2)c2ccc(O)cc2)cc1. The quantitative estimate of drug-likeness (QED) is 0.485. The van der Waals surface area contributed by atoms with Gasteiger partial charge in [0, 0.05) is 0 Å². The topological polar surface area (TPSA) is 29.5 Å². The minimum Gasteiger partial charge on any atom is -0.508 e. The molecule has 0 bridgehead atoms. The summed E-state index contributed by atoms with van der Waals surface area (Å²) < 4.78 is 5.73. The summed E-state index contributed by atoms with van der Waals surface area (Å²) in [5.74, 6) is 1.17. The fourth-order valence-electron chi connectivity index (χ4n) is 3.25. The van der Waals surface area contributed by atoms with Crippen LogP contribution in [-0.4, -0.2) is 11.7 Å². The highest BCUT2D eigenvalue weighted by Gasteiger charge is 2.13. The van der Waals surface area contributed by atoms with Crippen molar-refractivity contribution in [3.05, 3.63) is 95.6 Å². The second-order valence-corrected chi connectivity index (χ2v) is 6.49. The Kier molecular flexibility index (Phi) is 6.32. The third kappa shape index (κ3) is 4.59. The van der Waals surface area contributed by atoms with Crippen molar-refractivity contribution in [1.82, 2.24) is 0 Å². The molecule has 1 N–H and O–H groups in total. The van der Waals surface area contributed by atoms with E-state index >= 15 is 0 Å². The number of ether oxygens (including phenoxy) is 1. The number of phenolic OH excluding ortho intramolecular Hbond substituents is 1. The molecule has 0 atom stereocenters. The molecule has 2 heteroatoms. The van der Waals surface area contributed by atoms with Crippen molar-refractivity contribution in [3.8, 4) is 11.5 Å². The van der Waals surface area contributed by atoms with Crippen LogP contribution in [0, 0.1) is 0 Å². The van der Waals surface area contributed by atoms with E-state index < -0.39 is 0 Å². The lowest BCUT2D eigenvalue weighted by atomic mass is 9.88. The molecular weight excluding hydrogens is 332 g/mol. The number of rotatable bonds is 7. The Labute approximate surface area is 161 Å². The first-order valence-electron chi connectivity index (χ1n) is 9.54. The Morgan fingerprint density at radius 3 is 1.89 bits per heavy atom. The highest BCUT2D eigenvalue weighted by Crippen LogP contribution is 2.35. The molecule has 0 aliphatic carbocycles. The van der Waals surface area contributed by atoms with Crippen LogP contribution in [0.15, 0.2) is 78.9 Å². The molecule has 3 rings (SSSR count). The molecule has 27 heavy (non-hydrogen) atoms. The molecule has 0 fully saturated rings. The van der Waals surface area contributed by atoms with Crippen LogP contribution in [0.2, 0.25) is 0 Å². The lowest BCUT2D eigenvalue weighted by Gasteiger charge is -2.17. The van der Waals surface area contributed by atoms with Crippen molar-refractivity contribution >= 4 is 11.1 Å². The van der Waals surface area contributed by atoms with Crippen molar-refractivity contribution in [1.29, 1.82) is 0 Å². The fraction of sp³-hybridized carbons (Fsp3) is 0.200. The Hall–Kier alpha value is -3.00. The van der Waals surface area contributed by atoms with Gasteiger partial charge in [0.1, 0.15) is 11.5 Å². The van der Waals surface area contributed by atoms with E-state index in [1.54, 1.807) is 12.1 Å². The average molecular weight is 358 g/mol. The zero-order chi connectivity index (χ0) is 19.1. The number of benzene rings is 3. The first-order valence-corrected chi connectivity index (χ1v) is 9.54. The fourth-order valence-corrected chi connectivity index (χ4v) is 3.25. The number of hydrogen-bond acceptors (Lipinski definition) is 2. The molecule has 3 aromatic carbocycles. The van der Waals surface area contributed by atoms with Crippen LogP contribution in [0.3, 0.4) is 0 Å². The molecule has 2 nitrogen and oxygen atoms in total. The van der Waals surface area contributed by atoms with E-state index in [0.29, 0.717) is 0 Å². The highest BCUT2D eigenvalue weighted by atomic mass is 16.5. The molecule has 0 spiro atoms. The molecular formula is C25H26O2. The predicted octanol–water partition coefficient (Wildman–Crippen LogP) is 6.55. The summed E-state index contributed by atoms with van der Waals surface area (Å²) in [5, 5.41) is 9.71. The van der Waals surface area contributed by atoms with Crippen LogP contribution in [0.4, 0.5) is 0 Å². The minimum atomic E-state index is 0.277. The average Bonchev–Trinajstić information content (AvgIpc) is 2.72. The highest BCUT2D eigenvalue weighted by molar-refractivity contribution is 5.98. The van der Waals surface area contributed by atoms with Crippen molar-refractivity contribution < 1.29 is 9.84 Å². The van der Waals surface area contributed by atoms with Gasteiger partial charge in [-0.05, 0) is 64.9 Å². The molecule has 0 unspecified atom stereocenters. The Balaban J connectivity index is 2.13. The van der Waals surface area contributed by atoms with Crippen LogP contribution in [0.5, 0.6) is 11.5 Å². The predicted molar refractivity (Wildman–Crippen MR) is 113 cm³/mol. The standard InChI is InChI=1S/C25H26O2/c1-3-18-27-23-16-12-21(13-17-23)25(20-10-14-22(26)15-11-20)24(4-2)19-8-6-5-7-9-19/h5-17,26H,3-4,18H2,1-2H3/b25-24-. The van der Waals surface area contributed by atoms with Gasteiger partial charge in [-0.3, -0.25) is 0 Å². The van der Waals surface area contributed by atoms with E-state index in [9.17, 15) is 5.11 Å². The van der Waals surface area contributed by atoms with Gasteiger partial charge in [-0.2, -0.15) is 0 Å². The van der Waals surface area contributed by atoms with E-state index in [1.807, 2.05) is 30.3 Å². The lowest BCUT2D eigenvalue weighted by Crippen LogP contribution is -1.97. The summed E-state index contributed by atoms with van der Waals surface area (Å²) >= 11 is 0. The van der Waals surface area contributed by atoms with E-state index in [0.717, 1.165) is 36.3 Å². The second-order valence-electron chi connectivity index (χ2n) is 6.49. The van der Waals surface area contributed by atoms with Gasteiger partial charge >= 0.3 is 0 Å². The molecule has 0 saturated heterocycles. The Bertz CT molecular complexity index is 876. The van der Waals surface area contributed by atoms with Gasteiger partial charge in [-0.1, -0.05) is 68.4 Å². The normalized spacial score (nSPS) is 11.8. The van der Waals surface area contributed by atoms with Crippen molar-refractivity contribution in [2.75, 3.05) is 6.61 Å². The van der Waals surface area contributed by atoms with Crippen LogP contribution < -0.4 is 4.74 Å². The molecule has 0 amide bonds. The van der Waals surface area contributed by atoms with Crippen molar-refractivity contribution in [2.45, 2.75) is 26.7 Å². The molecule has 0 aliphatic rings. The van der Waals surface area contributed by atoms with E-state index in [-0.39, 0.29) is 5.75 Å². The Morgan fingerprint density at radius 1 is 0.741 bits per heavy atom. The summed E-state index contributed by atoms with van der Waals surface area (Å²) in [6.45, 7) is 5.01. The molecule has 0 saturated carbocycles. The van der Waals surface area contributed by atoms with E-state index in [2.05, 4.69) is 50.2 Å². The summed E-state index contributed by atoms with van der Waals surface area (Å²) in [7, 11) is 0. The third-order valence-electron chi connectivity index (χ3n) is 4.55. The molecule has 0 aromatic heterocycles. The van der Waals surface area contributed by atoms with Crippen LogP contribution in [0.1, 0.15) is 43.4 Å². The van der Waals surface area contributed by atoms with Gasteiger partial charge in [-0.25, -0.2) is 0 Å². The summed E-state index contributed by atoms with van der Waals surface area (Å²) in [5.41, 5.74) is 5.92. The number of phenols is 1. The minimum absolute atomic E-state index is 0.277. The van der Waals surface area contributed by atoms with Crippen molar-refractivity contribution in [3.63, 3.8) is 0 Å². The zero-order valence-electron chi connectivity index (χ0n) is 16.0. The second kappa shape index (κ2) is 9.09. The molecule has 0 radical (unpaired) electrons. The number of hydrogen-bond donors (Lipinski definition) is 1. The smallest absolute Gasteiger partial charge is 0.119 e. The zero-order valence-corrected chi connectivity index (χ0v) is 16.0. The first-order chi connectivity index (χ1) is 13.2. The van der Waals surface area contributed by atoms with Gasteiger partial charge < -0.3 is 9.84 Å². The van der Waals surface area contributed by atoms with Gasteiger partial charge in [0.15, 0.2) is 0 Å². The van der Waals surface area contributed by atoms with Gasteiger partial charge in [0.05, 0.1) is 6.61 Å². The molecule has 0 heterocycles. The summed E-state index contributed by atoms with van der Waals surface area (Å²) in [4.78, 5) is 0. The lowest BCUT2D eigenvalue weighted by molar-refractivity contribution is 0.317. The summed E-state index contributed by atoms with van der Waals surface area (Å²) in [6, 6.07) is 26.2.